The Morgan fingerprint density at radius 3 is 2.79 bits per heavy atom. The van der Waals surface area contributed by atoms with Gasteiger partial charge in [0.1, 0.15) is 5.75 Å². The van der Waals surface area contributed by atoms with E-state index in [0.29, 0.717) is 12.1 Å². The fourth-order valence-electron chi connectivity index (χ4n) is 3.59. The van der Waals surface area contributed by atoms with Crippen LogP contribution < -0.4 is 10.1 Å². The number of fused-ring (bicyclic) bond motifs is 1. The highest BCUT2D eigenvalue weighted by Gasteiger charge is 2.22. The number of hydrogen-bond donors (Lipinski definition) is 2. The first-order valence-corrected chi connectivity index (χ1v) is 9.18. The Bertz CT molecular complexity index is 646. The Morgan fingerprint density at radius 2 is 2.04 bits per heavy atom. The van der Waals surface area contributed by atoms with Gasteiger partial charge in [-0.1, -0.05) is 19.1 Å². The van der Waals surface area contributed by atoms with Gasteiger partial charge in [-0.25, -0.2) is 0 Å². The van der Waals surface area contributed by atoms with Crippen LogP contribution in [0, 0.1) is 0 Å². The average Bonchev–Trinajstić information content (AvgIpc) is 2.63. The lowest BCUT2D eigenvalue weighted by atomic mass is 9.92. The summed E-state index contributed by atoms with van der Waals surface area (Å²) in [4.78, 5) is 4.34. The predicted octanol–water partition coefficient (Wildman–Crippen LogP) is 3.46. The van der Waals surface area contributed by atoms with Crippen LogP contribution in [0.5, 0.6) is 5.75 Å². The zero-order valence-electron chi connectivity index (χ0n) is 14.5. The molecule has 1 aliphatic rings. The quantitative estimate of drug-likeness (QED) is 0.764. The van der Waals surface area contributed by atoms with Crippen molar-refractivity contribution in [2.45, 2.75) is 57.6 Å². The minimum absolute atomic E-state index is 0.265. The van der Waals surface area contributed by atoms with Gasteiger partial charge < -0.3 is 15.2 Å². The van der Waals surface area contributed by atoms with Crippen molar-refractivity contribution in [3.8, 4) is 5.75 Å². The largest absolute Gasteiger partial charge is 0.490 e. The van der Waals surface area contributed by atoms with Gasteiger partial charge in [-0.05, 0) is 56.7 Å². The van der Waals surface area contributed by atoms with E-state index < -0.39 is 0 Å². The molecule has 0 saturated heterocycles. The molecule has 1 fully saturated rings. The van der Waals surface area contributed by atoms with E-state index in [1.54, 1.807) is 0 Å². The number of rotatable bonds is 7. The third-order valence-electron chi connectivity index (χ3n) is 4.94. The molecule has 0 spiro atoms. The average molecular weight is 328 g/mol. The number of pyridine rings is 1. The summed E-state index contributed by atoms with van der Waals surface area (Å²) in [5.41, 5.74) is 1.25. The molecular weight excluding hydrogens is 300 g/mol. The molecule has 1 aromatic carbocycles. The second kappa shape index (κ2) is 8.45. The summed E-state index contributed by atoms with van der Waals surface area (Å²) in [7, 11) is 0. The number of aliphatic hydroxyl groups is 1. The van der Waals surface area contributed by atoms with E-state index in [9.17, 15) is 0 Å². The molecule has 1 heterocycles. The van der Waals surface area contributed by atoms with Crippen LogP contribution in [0.4, 0.5) is 0 Å². The third-order valence-corrected chi connectivity index (χ3v) is 4.94. The maximum Gasteiger partial charge on any atom is 0.127 e. The highest BCUT2D eigenvalue weighted by atomic mass is 16.5. The van der Waals surface area contributed by atoms with Gasteiger partial charge in [0.25, 0.3) is 0 Å². The summed E-state index contributed by atoms with van der Waals surface area (Å²) in [6.45, 7) is 3.33. The Labute approximate surface area is 144 Å². The molecule has 2 N–H and O–H groups in total. The van der Waals surface area contributed by atoms with Crippen molar-refractivity contribution < 1.29 is 9.84 Å². The summed E-state index contributed by atoms with van der Waals surface area (Å²) < 4.78 is 6.39. The van der Waals surface area contributed by atoms with E-state index >= 15 is 0 Å². The number of aryl methyl sites for hydroxylation is 1. The first-order chi connectivity index (χ1) is 11.8. The van der Waals surface area contributed by atoms with Crippen molar-refractivity contribution in [2.24, 2.45) is 0 Å². The van der Waals surface area contributed by atoms with Crippen molar-refractivity contribution in [3.63, 3.8) is 0 Å². The number of aromatic nitrogens is 1. The molecule has 0 bridgehead atoms. The number of benzene rings is 1. The van der Waals surface area contributed by atoms with Crippen molar-refractivity contribution in [1.82, 2.24) is 10.3 Å². The first kappa shape index (κ1) is 17.2. The Morgan fingerprint density at radius 1 is 1.21 bits per heavy atom. The number of aliphatic hydroxyl groups excluding tert-OH is 1. The fraction of sp³-hybridized carbons (Fsp3) is 0.550. The number of nitrogens with one attached hydrogen (secondary N) is 1. The lowest BCUT2D eigenvalue weighted by molar-refractivity contribution is 0.140. The van der Waals surface area contributed by atoms with E-state index in [-0.39, 0.29) is 6.61 Å². The molecule has 24 heavy (non-hydrogen) atoms. The van der Waals surface area contributed by atoms with Crippen LogP contribution in [0.3, 0.4) is 0 Å². The SMILES string of the molecule is CCc1cncc2cccc(O[C@H]3CC[C@@H](NCCCO)CC3)c12. The molecule has 0 radical (unpaired) electrons. The summed E-state index contributed by atoms with van der Waals surface area (Å²) in [6.07, 6.45) is 10.4. The molecule has 4 nitrogen and oxygen atoms in total. The van der Waals surface area contributed by atoms with Crippen LogP contribution in [0.15, 0.2) is 30.6 Å². The highest BCUT2D eigenvalue weighted by molar-refractivity contribution is 5.90. The van der Waals surface area contributed by atoms with Gasteiger partial charge in [-0.3, -0.25) is 4.98 Å². The van der Waals surface area contributed by atoms with E-state index in [0.717, 1.165) is 56.2 Å². The van der Waals surface area contributed by atoms with Crippen LogP contribution in [0.25, 0.3) is 10.8 Å². The topological polar surface area (TPSA) is 54.4 Å². The summed E-state index contributed by atoms with van der Waals surface area (Å²) in [5, 5.41) is 14.8. The van der Waals surface area contributed by atoms with Crippen LogP contribution in [0.1, 0.15) is 44.6 Å². The van der Waals surface area contributed by atoms with Gasteiger partial charge >= 0.3 is 0 Å². The summed E-state index contributed by atoms with van der Waals surface area (Å²) >= 11 is 0. The first-order valence-electron chi connectivity index (χ1n) is 9.18. The van der Waals surface area contributed by atoms with Crippen molar-refractivity contribution in [1.29, 1.82) is 0 Å². The Hall–Kier alpha value is -1.65. The molecule has 1 aliphatic carbocycles. The maximum atomic E-state index is 8.87. The van der Waals surface area contributed by atoms with E-state index in [4.69, 9.17) is 9.84 Å². The summed E-state index contributed by atoms with van der Waals surface area (Å²) in [6, 6.07) is 6.82. The molecule has 4 heteroatoms. The second-order valence-corrected chi connectivity index (χ2v) is 6.63. The standard InChI is InChI=1S/C20H28N2O2/c1-2-15-13-21-14-16-5-3-6-19(20(15)16)24-18-9-7-17(8-10-18)22-11-4-12-23/h3,5-6,13-14,17-18,22-23H,2,4,7-12H2,1H3/t17-,18+. The fourth-order valence-corrected chi connectivity index (χ4v) is 3.59. The van der Waals surface area contributed by atoms with Gasteiger partial charge in [0, 0.05) is 35.8 Å². The van der Waals surface area contributed by atoms with Crippen LogP contribution in [-0.2, 0) is 6.42 Å². The highest BCUT2D eigenvalue weighted by Crippen LogP contribution is 2.32. The Kier molecular flexibility index (Phi) is 6.05. The van der Waals surface area contributed by atoms with Gasteiger partial charge in [-0.15, -0.1) is 0 Å². The lowest BCUT2D eigenvalue weighted by Gasteiger charge is -2.30. The number of ether oxygens (including phenoxy) is 1. The number of nitrogens with zero attached hydrogens (tertiary/aromatic N) is 1. The normalized spacial score (nSPS) is 21.1. The molecule has 0 unspecified atom stereocenters. The molecular formula is C20H28N2O2. The Balaban J connectivity index is 1.64. The van der Waals surface area contributed by atoms with Gasteiger partial charge in [0.05, 0.1) is 6.10 Å². The van der Waals surface area contributed by atoms with Gasteiger partial charge in [0.15, 0.2) is 0 Å². The molecule has 3 rings (SSSR count). The van der Waals surface area contributed by atoms with Crippen molar-refractivity contribution >= 4 is 10.8 Å². The minimum Gasteiger partial charge on any atom is -0.490 e. The summed E-state index contributed by atoms with van der Waals surface area (Å²) in [5.74, 6) is 1.00. The zero-order chi connectivity index (χ0) is 16.8. The number of hydrogen-bond acceptors (Lipinski definition) is 4. The van der Waals surface area contributed by atoms with Crippen LogP contribution in [-0.4, -0.2) is 35.4 Å². The van der Waals surface area contributed by atoms with Gasteiger partial charge in [-0.2, -0.15) is 0 Å². The monoisotopic (exact) mass is 328 g/mol. The van der Waals surface area contributed by atoms with E-state index in [2.05, 4.69) is 35.4 Å². The minimum atomic E-state index is 0.265. The second-order valence-electron chi connectivity index (χ2n) is 6.63. The molecule has 0 amide bonds. The van der Waals surface area contributed by atoms with Crippen LogP contribution in [0.2, 0.25) is 0 Å². The predicted molar refractivity (Wildman–Crippen MR) is 97.5 cm³/mol. The lowest BCUT2D eigenvalue weighted by Crippen LogP contribution is -2.37. The van der Waals surface area contributed by atoms with Crippen molar-refractivity contribution in [3.05, 3.63) is 36.2 Å². The zero-order valence-corrected chi connectivity index (χ0v) is 14.5. The smallest absolute Gasteiger partial charge is 0.127 e. The van der Waals surface area contributed by atoms with E-state index in [1.807, 2.05) is 12.4 Å². The third kappa shape index (κ3) is 4.05. The molecule has 0 aliphatic heterocycles. The van der Waals surface area contributed by atoms with E-state index in [1.165, 1.54) is 10.9 Å². The molecule has 0 atom stereocenters. The maximum absolute atomic E-state index is 8.87. The molecule has 2 aromatic rings. The molecule has 130 valence electrons. The molecule has 1 saturated carbocycles. The van der Waals surface area contributed by atoms with Gasteiger partial charge in [0.2, 0.25) is 0 Å². The van der Waals surface area contributed by atoms with Crippen LogP contribution >= 0.6 is 0 Å². The molecule has 1 aromatic heterocycles. The van der Waals surface area contributed by atoms with Crippen molar-refractivity contribution in [2.75, 3.05) is 13.2 Å².